The maximum Gasteiger partial charge on any atom is 0.311 e. The number of carbonyl (C=O) groups is 2. The number of rotatable bonds is 4. The lowest BCUT2D eigenvalue weighted by Gasteiger charge is -2.39. The van der Waals surface area contributed by atoms with Gasteiger partial charge in [0.05, 0.1) is 11.5 Å². The van der Waals surface area contributed by atoms with Gasteiger partial charge in [0.1, 0.15) is 0 Å². The second-order valence-corrected chi connectivity index (χ2v) is 7.75. The Morgan fingerprint density at radius 3 is 2.70 bits per heavy atom. The fraction of sp³-hybridized carbons (Fsp3) is 0.889. The zero-order chi connectivity index (χ0) is 16.6. The Kier molecular flexibility index (Phi) is 4.68. The van der Waals surface area contributed by atoms with Gasteiger partial charge in [-0.05, 0) is 51.4 Å². The minimum Gasteiger partial charge on any atom is -0.481 e. The van der Waals surface area contributed by atoms with Crippen LogP contribution in [0.5, 0.6) is 0 Å². The van der Waals surface area contributed by atoms with Gasteiger partial charge in [0.25, 0.3) is 0 Å². The van der Waals surface area contributed by atoms with Crippen molar-refractivity contribution >= 4 is 11.9 Å². The first-order chi connectivity index (χ1) is 11.0. The molecule has 23 heavy (non-hydrogen) atoms. The van der Waals surface area contributed by atoms with Crippen molar-refractivity contribution in [3.8, 4) is 0 Å². The van der Waals surface area contributed by atoms with Gasteiger partial charge >= 0.3 is 5.97 Å². The van der Waals surface area contributed by atoms with Gasteiger partial charge in [-0.15, -0.1) is 0 Å². The van der Waals surface area contributed by atoms with Crippen molar-refractivity contribution in [1.82, 2.24) is 9.80 Å². The Hall–Kier alpha value is -1.10. The van der Waals surface area contributed by atoms with E-state index in [0.29, 0.717) is 12.6 Å². The number of carbonyl (C=O) groups excluding carboxylic acids is 1. The molecule has 1 aliphatic carbocycles. The summed E-state index contributed by atoms with van der Waals surface area (Å²) in [5.74, 6) is -0.234. The normalized spacial score (nSPS) is 36.0. The van der Waals surface area contributed by atoms with Crippen LogP contribution >= 0.6 is 0 Å². The number of carboxylic acids is 1. The van der Waals surface area contributed by atoms with Crippen molar-refractivity contribution in [1.29, 1.82) is 0 Å². The molecule has 3 fully saturated rings. The maximum atomic E-state index is 13.0. The molecular formula is C18H30N2O3. The van der Waals surface area contributed by atoms with Crippen LogP contribution in [0.15, 0.2) is 0 Å². The van der Waals surface area contributed by atoms with Crippen LogP contribution in [0.4, 0.5) is 0 Å². The summed E-state index contributed by atoms with van der Waals surface area (Å²) >= 11 is 0. The molecule has 0 aromatic carbocycles. The van der Waals surface area contributed by atoms with Gasteiger partial charge in [0.2, 0.25) is 5.91 Å². The highest BCUT2D eigenvalue weighted by molar-refractivity contribution is 5.82. The van der Waals surface area contributed by atoms with Crippen LogP contribution in [-0.2, 0) is 9.59 Å². The number of amides is 1. The Morgan fingerprint density at radius 1 is 1.26 bits per heavy atom. The molecule has 3 rings (SSSR count). The molecule has 0 radical (unpaired) electrons. The lowest BCUT2D eigenvalue weighted by Crippen LogP contribution is -2.52. The van der Waals surface area contributed by atoms with Crippen molar-refractivity contribution in [2.24, 2.45) is 11.3 Å². The van der Waals surface area contributed by atoms with Crippen molar-refractivity contribution < 1.29 is 14.7 Å². The van der Waals surface area contributed by atoms with Gasteiger partial charge in [-0.3, -0.25) is 14.5 Å². The molecule has 4 atom stereocenters. The Labute approximate surface area is 139 Å². The van der Waals surface area contributed by atoms with Crippen molar-refractivity contribution in [3.05, 3.63) is 0 Å². The number of fused-ring (bicyclic) bond motifs is 1. The highest BCUT2D eigenvalue weighted by atomic mass is 16.4. The Balaban J connectivity index is 1.70. The molecule has 0 spiro atoms. The van der Waals surface area contributed by atoms with Crippen LogP contribution in [0.2, 0.25) is 0 Å². The lowest BCUT2D eigenvalue weighted by atomic mass is 9.81. The van der Waals surface area contributed by atoms with E-state index in [0.717, 1.165) is 51.6 Å². The van der Waals surface area contributed by atoms with E-state index in [1.54, 1.807) is 0 Å². The van der Waals surface area contributed by atoms with Crippen LogP contribution in [0.25, 0.3) is 0 Å². The molecule has 2 heterocycles. The fourth-order valence-electron chi connectivity index (χ4n) is 5.08. The summed E-state index contributed by atoms with van der Waals surface area (Å²) in [5, 5.41) is 9.72. The minimum absolute atomic E-state index is 0.191. The molecule has 130 valence electrons. The largest absolute Gasteiger partial charge is 0.481 e. The number of nitrogens with zero attached hydrogens (tertiary/aromatic N) is 2. The SMILES string of the molecule is CCC1CCCCN1C(=O)C(C)N1C[C@@H]2CCC[C@@]2(C(=O)O)C1. The van der Waals surface area contributed by atoms with Gasteiger partial charge in [-0.2, -0.15) is 0 Å². The third-order valence-electron chi connectivity index (χ3n) is 6.61. The molecule has 2 aliphatic heterocycles. The van der Waals surface area contributed by atoms with Crippen LogP contribution in [0.3, 0.4) is 0 Å². The third kappa shape index (κ3) is 2.77. The molecule has 1 saturated carbocycles. The average molecular weight is 322 g/mol. The summed E-state index contributed by atoms with van der Waals surface area (Å²) in [6.07, 6.45) is 7.20. The zero-order valence-electron chi connectivity index (χ0n) is 14.5. The molecule has 1 N–H and O–H groups in total. The van der Waals surface area contributed by atoms with Crippen LogP contribution in [0.1, 0.15) is 58.8 Å². The molecule has 2 saturated heterocycles. The number of aliphatic carboxylic acids is 1. The van der Waals surface area contributed by atoms with E-state index in [1.807, 2.05) is 6.92 Å². The van der Waals surface area contributed by atoms with E-state index < -0.39 is 11.4 Å². The van der Waals surface area contributed by atoms with Crippen LogP contribution < -0.4 is 0 Å². The van der Waals surface area contributed by atoms with Crippen molar-refractivity contribution in [2.75, 3.05) is 19.6 Å². The smallest absolute Gasteiger partial charge is 0.311 e. The molecule has 1 amide bonds. The van der Waals surface area contributed by atoms with Gasteiger partial charge in [0.15, 0.2) is 0 Å². The van der Waals surface area contributed by atoms with Gasteiger partial charge in [-0.1, -0.05) is 13.3 Å². The lowest BCUT2D eigenvalue weighted by molar-refractivity contribution is -0.150. The molecule has 2 unspecified atom stereocenters. The fourth-order valence-corrected chi connectivity index (χ4v) is 5.08. The monoisotopic (exact) mass is 322 g/mol. The summed E-state index contributed by atoms with van der Waals surface area (Å²) in [7, 11) is 0. The van der Waals surface area contributed by atoms with Crippen molar-refractivity contribution in [3.63, 3.8) is 0 Å². The van der Waals surface area contributed by atoms with Gasteiger partial charge in [0, 0.05) is 25.7 Å². The Morgan fingerprint density at radius 2 is 2.04 bits per heavy atom. The Bertz CT molecular complexity index is 481. The molecule has 5 heteroatoms. The van der Waals surface area contributed by atoms with E-state index in [1.165, 1.54) is 6.42 Å². The second kappa shape index (κ2) is 6.42. The first-order valence-electron chi connectivity index (χ1n) is 9.27. The standard InChI is InChI=1S/C18H30N2O3/c1-3-15-8-4-5-10-20(15)16(21)13(2)19-11-14-7-6-9-18(14,12-19)17(22)23/h13-15H,3-12H2,1-2H3,(H,22,23)/t13?,14-,15?,18+/m0/s1. The van der Waals surface area contributed by atoms with E-state index in [9.17, 15) is 14.7 Å². The molecule has 5 nitrogen and oxygen atoms in total. The van der Waals surface area contributed by atoms with E-state index in [2.05, 4.69) is 16.7 Å². The van der Waals surface area contributed by atoms with E-state index >= 15 is 0 Å². The number of piperidine rings is 1. The van der Waals surface area contributed by atoms with Crippen molar-refractivity contribution in [2.45, 2.75) is 70.9 Å². The number of carboxylic acid groups (broad SMARTS) is 1. The topological polar surface area (TPSA) is 60.9 Å². The van der Waals surface area contributed by atoms with E-state index in [-0.39, 0.29) is 17.9 Å². The molecule has 0 bridgehead atoms. The summed E-state index contributed by atoms with van der Waals surface area (Å²) in [5.41, 5.74) is -0.597. The summed E-state index contributed by atoms with van der Waals surface area (Å²) in [4.78, 5) is 29.0. The number of hydrogen-bond donors (Lipinski definition) is 1. The maximum absolute atomic E-state index is 13.0. The molecule has 0 aromatic heterocycles. The highest BCUT2D eigenvalue weighted by Crippen LogP contribution is 2.49. The quantitative estimate of drug-likeness (QED) is 0.863. The zero-order valence-corrected chi connectivity index (χ0v) is 14.5. The molecule has 3 aliphatic rings. The molecular weight excluding hydrogens is 292 g/mol. The van der Waals surface area contributed by atoms with Gasteiger partial charge < -0.3 is 10.0 Å². The predicted octanol–water partition coefficient (Wildman–Crippen LogP) is 2.35. The van der Waals surface area contributed by atoms with E-state index in [4.69, 9.17) is 0 Å². The summed E-state index contributed by atoms with van der Waals surface area (Å²) in [6, 6.07) is 0.179. The first-order valence-corrected chi connectivity index (χ1v) is 9.27. The minimum atomic E-state index is -0.661. The van der Waals surface area contributed by atoms with Gasteiger partial charge in [-0.25, -0.2) is 0 Å². The summed E-state index contributed by atoms with van der Waals surface area (Å²) < 4.78 is 0. The van der Waals surface area contributed by atoms with Crippen LogP contribution in [0, 0.1) is 11.3 Å². The van der Waals surface area contributed by atoms with Crippen LogP contribution in [-0.4, -0.2) is 58.5 Å². The predicted molar refractivity (Wildman–Crippen MR) is 88.1 cm³/mol. The third-order valence-corrected chi connectivity index (χ3v) is 6.61. The first kappa shape index (κ1) is 16.7. The second-order valence-electron chi connectivity index (χ2n) is 7.75. The number of likely N-dealkylation sites (tertiary alicyclic amines) is 2. The average Bonchev–Trinajstić information content (AvgIpc) is 3.11. The summed E-state index contributed by atoms with van der Waals surface area (Å²) in [6.45, 7) is 6.30. The number of hydrogen-bond acceptors (Lipinski definition) is 3. The molecule has 0 aromatic rings. The highest BCUT2D eigenvalue weighted by Gasteiger charge is 2.56.